The third kappa shape index (κ3) is 4.31. The topological polar surface area (TPSA) is 67.2 Å². The average Bonchev–Trinajstić information content (AvgIpc) is 2.43. The van der Waals surface area contributed by atoms with Crippen LogP contribution in [0, 0.1) is 0 Å². The van der Waals surface area contributed by atoms with Gasteiger partial charge >= 0.3 is 0 Å². The summed E-state index contributed by atoms with van der Waals surface area (Å²) in [6.45, 7) is 6.90. The Hall–Kier alpha value is -0.880. The molecule has 0 spiro atoms. The van der Waals surface area contributed by atoms with Gasteiger partial charge in [-0.25, -0.2) is 4.68 Å². The fourth-order valence-corrected chi connectivity index (χ4v) is 2.33. The Morgan fingerprint density at radius 3 is 2.75 bits per heavy atom. The molecule has 6 heteroatoms. The number of unbranched alkanes of at least 4 members (excludes halogenated alkanes) is 1. The smallest absolute Gasteiger partial charge is 0.283 e. The number of aliphatic hydroxyl groups is 1. The fraction of sp³-hybridized carbons (Fsp3) is 0.714. The molecule has 0 amide bonds. The highest BCUT2D eigenvalue weighted by Crippen LogP contribution is 2.25. The molecule has 1 rings (SSSR count). The van der Waals surface area contributed by atoms with Crippen LogP contribution < -0.4 is 10.9 Å². The SMILES string of the molecule is CCCCn1ncc(NC(C)(CC)CCO)c(Br)c1=O. The summed E-state index contributed by atoms with van der Waals surface area (Å²) in [6, 6.07) is 0. The summed E-state index contributed by atoms with van der Waals surface area (Å²) < 4.78 is 1.98. The van der Waals surface area contributed by atoms with Crippen molar-refractivity contribution in [1.82, 2.24) is 9.78 Å². The average molecular weight is 346 g/mol. The lowest BCUT2D eigenvalue weighted by Gasteiger charge is -2.30. The van der Waals surface area contributed by atoms with Gasteiger partial charge in [0, 0.05) is 18.7 Å². The van der Waals surface area contributed by atoms with Gasteiger partial charge in [0.1, 0.15) is 4.47 Å². The second kappa shape index (κ2) is 7.78. The first-order valence-corrected chi connectivity index (χ1v) is 7.91. The van der Waals surface area contributed by atoms with Crippen LogP contribution in [0.15, 0.2) is 15.5 Å². The van der Waals surface area contributed by atoms with Crippen LogP contribution in [-0.4, -0.2) is 27.0 Å². The van der Waals surface area contributed by atoms with E-state index in [9.17, 15) is 4.79 Å². The molecule has 2 N–H and O–H groups in total. The number of aryl methyl sites for hydroxylation is 1. The zero-order valence-corrected chi connectivity index (χ0v) is 14.0. The Kier molecular flexibility index (Phi) is 6.68. The van der Waals surface area contributed by atoms with Crippen LogP contribution in [0.1, 0.15) is 46.5 Å². The molecule has 1 aromatic rings. The van der Waals surface area contributed by atoms with Crippen LogP contribution in [0.2, 0.25) is 0 Å². The van der Waals surface area contributed by atoms with Crippen molar-refractivity contribution in [3.05, 3.63) is 21.0 Å². The second-order valence-electron chi connectivity index (χ2n) is 5.27. The Morgan fingerprint density at radius 1 is 1.50 bits per heavy atom. The van der Waals surface area contributed by atoms with E-state index in [1.165, 1.54) is 4.68 Å². The highest BCUT2D eigenvalue weighted by atomic mass is 79.9. The number of hydrogen-bond acceptors (Lipinski definition) is 4. The molecule has 0 aliphatic heterocycles. The summed E-state index contributed by atoms with van der Waals surface area (Å²) in [5.74, 6) is 0. The van der Waals surface area contributed by atoms with E-state index in [1.807, 2.05) is 13.8 Å². The van der Waals surface area contributed by atoms with Gasteiger partial charge < -0.3 is 10.4 Å². The van der Waals surface area contributed by atoms with Gasteiger partial charge in [-0.1, -0.05) is 20.3 Å². The summed E-state index contributed by atoms with van der Waals surface area (Å²) >= 11 is 3.36. The van der Waals surface area contributed by atoms with Gasteiger partial charge in [-0.05, 0) is 42.1 Å². The number of halogens is 1. The molecular formula is C14H24BrN3O2. The first-order chi connectivity index (χ1) is 9.47. The summed E-state index contributed by atoms with van der Waals surface area (Å²) in [5, 5.41) is 16.7. The van der Waals surface area contributed by atoms with Crippen molar-refractivity contribution in [1.29, 1.82) is 0 Å². The second-order valence-corrected chi connectivity index (χ2v) is 6.06. The van der Waals surface area contributed by atoms with E-state index in [-0.39, 0.29) is 17.7 Å². The van der Waals surface area contributed by atoms with Crippen LogP contribution >= 0.6 is 15.9 Å². The first kappa shape index (κ1) is 17.2. The zero-order chi connectivity index (χ0) is 15.2. The minimum atomic E-state index is -0.249. The maximum Gasteiger partial charge on any atom is 0.283 e. The predicted molar refractivity (Wildman–Crippen MR) is 85.1 cm³/mol. The quantitative estimate of drug-likeness (QED) is 0.760. The Balaban J connectivity index is 2.98. The summed E-state index contributed by atoms with van der Waals surface area (Å²) in [5.41, 5.74) is 0.313. The van der Waals surface area contributed by atoms with Crippen LogP contribution in [0.25, 0.3) is 0 Å². The third-order valence-corrected chi connectivity index (χ3v) is 4.36. The van der Waals surface area contributed by atoms with Gasteiger partial charge in [0.2, 0.25) is 0 Å². The van der Waals surface area contributed by atoms with Gasteiger partial charge in [0.15, 0.2) is 0 Å². The fourth-order valence-electron chi connectivity index (χ4n) is 1.92. The lowest BCUT2D eigenvalue weighted by molar-refractivity contribution is 0.252. The molecule has 1 unspecified atom stereocenters. The van der Waals surface area contributed by atoms with Crippen molar-refractivity contribution in [3.63, 3.8) is 0 Å². The standard InChI is InChI=1S/C14H24BrN3O2/c1-4-6-8-18-13(20)12(15)11(10-16-18)17-14(3,5-2)7-9-19/h10,17,19H,4-9H2,1-3H3. The lowest BCUT2D eigenvalue weighted by Crippen LogP contribution is -2.36. The van der Waals surface area contributed by atoms with E-state index in [0.29, 0.717) is 23.1 Å². The van der Waals surface area contributed by atoms with Crippen LogP contribution in [0.5, 0.6) is 0 Å². The van der Waals surface area contributed by atoms with E-state index in [0.717, 1.165) is 19.3 Å². The van der Waals surface area contributed by atoms with Crippen molar-refractivity contribution in [2.75, 3.05) is 11.9 Å². The highest BCUT2D eigenvalue weighted by molar-refractivity contribution is 9.10. The number of rotatable bonds is 8. The predicted octanol–water partition coefficient (Wildman–Crippen LogP) is 2.77. The highest BCUT2D eigenvalue weighted by Gasteiger charge is 2.23. The van der Waals surface area contributed by atoms with Crippen LogP contribution in [0.4, 0.5) is 5.69 Å². The third-order valence-electron chi connectivity index (χ3n) is 3.59. The van der Waals surface area contributed by atoms with Crippen molar-refractivity contribution in [3.8, 4) is 0 Å². The minimum absolute atomic E-state index is 0.107. The molecule has 0 aromatic carbocycles. The van der Waals surface area contributed by atoms with Gasteiger partial charge in [0.05, 0.1) is 11.9 Å². The summed E-state index contributed by atoms with van der Waals surface area (Å²) in [4.78, 5) is 12.2. The Labute approximate surface area is 128 Å². The number of aromatic nitrogens is 2. The number of anilines is 1. The van der Waals surface area contributed by atoms with Crippen molar-refractivity contribution >= 4 is 21.6 Å². The molecule has 20 heavy (non-hydrogen) atoms. The molecule has 0 radical (unpaired) electrons. The molecule has 0 aliphatic rings. The largest absolute Gasteiger partial charge is 0.396 e. The number of aliphatic hydroxyl groups excluding tert-OH is 1. The maximum atomic E-state index is 12.2. The van der Waals surface area contributed by atoms with E-state index < -0.39 is 0 Å². The van der Waals surface area contributed by atoms with Crippen molar-refractivity contribution < 1.29 is 5.11 Å². The molecule has 1 aromatic heterocycles. The monoisotopic (exact) mass is 345 g/mol. The van der Waals surface area contributed by atoms with Gasteiger partial charge in [-0.2, -0.15) is 5.10 Å². The van der Waals surface area contributed by atoms with Crippen LogP contribution in [0.3, 0.4) is 0 Å². The van der Waals surface area contributed by atoms with E-state index in [4.69, 9.17) is 5.11 Å². The van der Waals surface area contributed by atoms with E-state index in [1.54, 1.807) is 6.20 Å². The molecule has 0 saturated heterocycles. The first-order valence-electron chi connectivity index (χ1n) is 7.12. The Bertz CT molecular complexity index is 490. The van der Waals surface area contributed by atoms with Gasteiger partial charge in [-0.15, -0.1) is 0 Å². The minimum Gasteiger partial charge on any atom is -0.396 e. The molecule has 0 saturated carbocycles. The molecule has 5 nitrogen and oxygen atoms in total. The van der Waals surface area contributed by atoms with Gasteiger partial charge in [0.25, 0.3) is 5.56 Å². The van der Waals surface area contributed by atoms with E-state index >= 15 is 0 Å². The zero-order valence-electron chi connectivity index (χ0n) is 12.4. The van der Waals surface area contributed by atoms with E-state index in [2.05, 4.69) is 33.3 Å². The lowest BCUT2D eigenvalue weighted by atomic mass is 9.95. The molecule has 1 heterocycles. The normalized spacial score (nSPS) is 14.1. The molecule has 114 valence electrons. The van der Waals surface area contributed by atoms with Crippen molar-refractivity contribution in [2.45, 2.75) is 58.5 Å². The molecule has 0 aliphatic carbocycles. The summed E-state index contributed by atoms with van der Waals surface area (Å²) in [6.07, 6.45) is 5.10. The Morgan fingerprint density at radius 2 is 2.20 bits per heavy atom. The molecular weight excluding hydrogens is 322 g/mol. The number of hydrogen-bond donors (Lipinski definition) is 2. The molecule has 0 bridgehead atoms. The molecule has 1 atom stereocenters. The van der Waals surface area contributed by atoms with Crippen LogP contribution in [-0.2, 0) is 6.54 Å². The number of nitrogens with zero attached hydrogens (tertiary/aromatic N) is 2. The number of nitrogens with one attached hydrogen (secondary N) is 1. The van der Waals surface area contributed by atoms with Crippen molar-refractivity contribution in [2.24, 2.45) is 0 Å². The summed E-state index contributed by atoms with van der Waals surface area (Å²) in [7, 11) is 0. The maximum absolute atomic E-state index is 12.2. The molecule has 0 fully saturated rings. The van der Waals surface area contributed by atoms with Gasteiger partial charge in [-0.3, -0.25) is 4.79 Å².